The number of carbonyl (C=O) groups is 3. The van der Waals surface area contributed by atoms with Crippen LogP contribution in [0.3, 0.4) is 0 Å². The lowest BCUT2D eigenvalue weighted by Gasteiger charge is -2.22. The van der Waals surface area contributed by atoms with Gasteiger partial charge in [0.2, 0.25) is 5.91 Å². The molecule has 35 heavy (non-hydrogen) atoms. The van der Waals surface area contributed by atoms with Crippen LogP contribution < -0.4 is 10.6 Å². The second-order valence-electron chi connectivity index (χ2n) is 8.92. The van der Waals surface area contributed by atoms with Crippen LogP contribution in [0.1, 0.15) is 47.8 Å². The van der Waals surface area contributed by atoms with E-state index in [-0.39, 0.29) is 36.4 Å². The molecule has 9 heteroatoms. The van der Waals surface area contributed by atoms with Crippen molar-refractivity contribution < 1.29 is 24.2 Å². The predicted octanol–water partition coefficient (Wildman–Crippen LogP) is 4.01. The average molecular weight is 477 g/mol. The smallest absolute Gasteiger partial charge is 0.407 e. The van der Waals surface area contributed by atoms with Gasteiger partial charge in [-0.05, 0) is 28.2 Å². The molecule has 2 aromatic carbocycles. The Morgan fingerprint density at radius 3 is 2.20 bits per heavy atom. The Hall–Kier alpha value is -4.14. The molecule has 1 heterocycles. The van der Waals surface area contributed by atoms with Crippen LogP contribution in [0.4, 0.5) is 10.6 Å². The number of aromatic nitrogens is 2. The molecule has 1 aliphatic rings. The number of alkyl carbamates (subject to hydrolysis) is 1. The second-order valence-corrected chi connectivity index (χ2v) is 8.92. The molecule has 3 N–H and O–H groups in total. The molecular formula is C26H28N4O5. The first-order valence-corrected chi connectivity index (χ1v) is 11.4. The van der Waals surface area contributed by atoms with E-state index in [4.69, 9.17) is 9.84 Å². The number of benzene rings is 2. The third kappa shape index (κ3) is 5.18. The zero-order valence-corrected chi connectivity index (χ0v) is 19.8. The number of ether oxygens (including phenoxy) is 1. The lowest BCUT2D eigenvalue weighted by Crippen LogP contribution is -2.41. The summed E-state index contributed by atoms with van der Waals surface area (Å²) in [4.78, 5) is 36.4. The predicted molar refractivity (Wildman–Crippen MR) is 130 cm³/mol. The third-order valence-electron chi connectivity index (χ3n) is 6.22. The summed E-state index contributed by atoms with van der Waals surface area (Å²) >= 11 is 0. The molecule has 0 spiro atoms. The number of nitrogens with zero attached hydrogens (tertiary/aromatic N) is 2. The van der Waals surface area contributed by atoms with Crippen LogP contribution in [0, 0.1) is 5.92 Å². The number of fused-ring (bicyclic) bond motifs is 3. The summed E-state index contributed by atoms with van der Waals surface area (Å²) in [6, 6.07) is 17.0. The monoisotopic (exact) mass is 476 g/mol. The highest BCUT2D eigenvalue weighted by Gasteiger charge is 2.29. The Bertz CT molecular complexity index is 1220. The van der Waals surface area contributed by atoms with E-state index >= 15 is 0 Å². The fraction of sp³-hybridized carbons (Fsp3) is 0.308. The summed E-state index contributed by atoms with van der Waals surface area (Å²) in [7, 11) is 1.48. The van der Waals surface area contributed by atoms with Crippen LogP contribution in [-0.4, -0.2) is 45.5 Å². The van der Waals surface area contributed by atoms with Gasteiger partial charge in [-0.15, -0.1) is 0 Å². The van der Waals surface area contributed by atoms with E-state index in [1.807, 2.05) is 38.1 Å². The standard InChI is InChI=1S/C26H28N4O5/c1-15(2)21(12-24(31)28-23-13-22(25(32)33)30(3)29-23)27-26(34)35-14-20-18-10-6-4-8-16(18)17-9-5-7-11-19(17)20/h4-11,13,15,20-21H,12,14H2,1-3H3,(H,27,34)(H,32,33)(H,28,29,31). The molecule has 3 aromatic rings. The molecule has 0 saturated carbocycles. The molecule has 1 aromatic heterocycles. The summed E-state index contributed by atoms with van der Waals surface area (Å²) in [5.74, 6) is -1.49. The van der Waals surface area contributed by atoms with Gasteiger partial charge in [0.25, 0.3) is 0 Å². The second kappa shape index (κ2) is 10.0. The number of amides is 2. The molecule has 0 saturated heterocycles. The Balaban J connectivity index is 1.36. The maximum atomic E-state index is 12.7. The number of hydrogen-bond donors (Lipinski definition) is 3. The van der Waals surface area contributed by atoms with Crippen molar-refractivity contribution in [2.75, 3.05) is 11.9 Å². The van der Waals surface area contributed by atoms with Gasteiger partial charge in [0.1, 0.15) is 12.3 Å². The summed E-state index contributed by atoms with van der Waals surface area (Å²) in [6.07, 6.45) is -0.606. The lowest BCUT2D eigenvalue weighted by atomic mass is 9.98. The number of rotatable bonds is 8. The van der Waals surface area contributed by atoms with Crippen molar-refractivity contribution in [3.8, 4) is 11.1 Å². The van der Waals surface area contributed by atoms with Gasteiger partial charge in [-0.1, -0.05) is 62.4 Å². The molecule has 1 unspecified atom stereocenters. The van der Waals surface area contributed by atoms with Crippen molar-refractivity contribution in [3.63, 3.8) is 0 Å². The van der Waals surface area contributed by atoms with Gasteiger partial charge in [0, 0.05) is 31.5 Å². The normalized spacial score (nSPS) is 13.1. The maximum Gasteiger partial charge on any atom is 0.407 e. The molecule has 4 rings (SSSR count). The van der Waals surface area contributed by atoms with E-state index in [0.29, 0.717) is 0 Å². The van der Waals surface area contributed by atoms with Crippen LogP contribution in [0.2, 0.25) is 0 Å². The van der Waals surface area contributed by atoms with E-state index < -0.39 is 24.0 Å². The Kier molecular flexibility index (Phi) is 6.86. The highest BCUT2D eigenvalue weighted by molar-refractivity contribution is 5.92. The van der Waals surface area contributed by atoms with Crippen LogP contribution in [0.15, 0.2) is 54.6 Å². The maximum absolute atomic E-state index is 12.7. The molecule has 9 nitrogen and oxygen atoms in total. The number of aryl methyl sites for hydroxylation is 1. The first-order chi connectivity index (χ1) is 16.7. The zero-order valence-electron chi connectivity index (χ0n) is 19.8. The molecule has 0 radical (unpaired) electrons. The van der Waals surface area contributed by atoms with Gasteiger partial charge in [-0.3, -0.25) is 9.48 Å². The summed E-state index contributed by atoms with van der Waals surface area (Å²) in [6.45, 7) is 3.97. The number of carboxylic acid groups (broad SMARTS) is 1. The third-order valence-corrected chi connectivity index (χ3v) is 6.22. The number of anilines is 1. The minimum absolute atomic E-state index is 0.0131. The van der Waals surface area contributed by atoms with Gasteiger partial charge >= 0.3 is 12.1 Å². The molecule has 0 fully saturated rings. The number of aromatic carboxylic acids is 1. The number of nitrogens with one attached hydrogen (secondary N) is 2. The largest absolute Gasteiger partial charge is 0.477 e. The van der Waals surface area contributed by atoms with Gasteiger partial charge in [0.15, 0.2) is 5.82 Å². The van der Waals surface area contributed by atoms with Crippen LogP contribution in [-0.2, 0) is 16.6 Å². The van der Waals surface area contributed by atoms with E-state index in [1.165, 1.54) is 17.8 Å². The zero-order chi connectivity index (χ0) is 25.1. The minimum Gasteiger partial charge on any atom is -0.477 e. The van der Waals surface area contributed by atoms with Crippen molar-refractivity contribution >= 4 is 23.8 Å². The highest BCUT2D eigenvalue weighted by Crippen LogP contribution is 2.44. The molecule has 1 aliphatic carbocycles. The quantitative estimate of drug-likeness (QED) is 0.452. The Labute approximate surface area is 203 Å². The van der Waals surface area contributed by atoms with Crippen molar-refractivity contribution in [2.45, 2.75) is 32.2 Å². The van der Waals surface area contributed by atoms with Crippen LogP contribution >= 0.6 is 0 Å². The van der Waals surface area contributed by atoms with Crippen molar-refractivity contribution in [3.05, 3.63) is 71.4 Å². The molecule has 182 valence electrons. The molecule has 0 bridgehead atoms. The molecule has 1 atom stereocenters. The molecule has 0 aliphatic heterocycles. The van der Waals surface area contributed by atoms with Gasteiger partial charge in [-0.25, -0.2) is 9.59 Å². The fourth-order valence-electron chi connectivity index (χ4n) is 4.37. The van der Waals surface area contributed by atoms with Crippen LogP contribution in [0.25, 0.3) is 11.1 Å². The first-order valence-electron chi connectivity index (χ1n) is 11.4. The summed E-state index contributed by atoms with van der Waals surface area (Å²) in [5.41, 5.74) is 4.50. The van der Waals surface area contributed by atoms with Crippen molar-refractivity contribution in [2.24, 2.45) is 13.0 Å². The summed E-state index contributed by atoms with van der Waals surface area (Å²) in [5, 5.41) is 18.5. The van der Waals surface area contributed by atoms with Crippen molar-refractivity contribution in [1.82, 2.24) is 15.1 Å². The topological polar surface area (TPSA) is 123 Å². The highest BCUT2D eigenvalue weighted by atomic mass is 16.5. The van der Waals surface area contributed by atoms with Crippen molar-refractivity contribution in [1.29, 1.82) is 0 Å². The van der Waals surface area contributed by atoms with E-state index in [9.17, 15) is 14.4 Å². The number of hydrogen-bond acceptors (Lipinski definition) is 5. The lowest BCUT2D eigenvalue weighted by molar-refractivity contribution is -0.116. The average Bonchev–Trinajstić information content (AvgIpc) is 3.34. The first kappa shape index (κ1) is 24.0. The van der Waals surface area contributed by atoms with Gasteiger partial charge < -0.3 is 20.5 Å². The number of carbonyl (C=O) groups excluding carboxylic acids is 2. The Morgan fingerprint density at radius 1 is 1.06 bits per heavy atom. The molecular weight excluding hydrogens is 448 g/mol. The fourth-order valence-corrected chi connectivity index (χ4v) is 4.37. The van der Waals surface area contributed by atoms with E-state index in [0.717, 1.165) is 22.3 Å². The van der Waals surface area contributed by atoms with Gasteiger partial charge in [0.05, 0.1) is 0 Å². The van der Waals surface area contributed by atoms with Crippen LogP contribution in [0.5, 0.6) is 0 Å². The van der Waals surface area contributed by atoms with E-state index in [2.05, 4.69) is 40.0 Å². The van der Waals surface area contributed by atoms with E-state index in [1.54, 1.807) is 0 Å². The minimum atomic E-state index is -1.14. The Morgan fingerprint density at radius 2 is 1.66 bits per heavy atom. The number of carboxylic acids is 1. The summed E-state index contributed by atoms with van der Waals surface area (Å²) < 4.78 is 6.78. The SMILES string of the molecule is CC(C)C(CC(=O)Nc1cc(C(=O)O)n(C)n1)NC(=O)OCC1c2ccccc2-c2ccccc21. The van der Waals surface area contributed by atoms with Gasteiger partial charge in [-0.2, -0.15) is 5.10 Å². The molecule has 2 amide bonds.